The highest BCUT2D eigenvalue weighted by atomic mass is 32.2. The summed E-state index contributed by atoms with van der Waals surface area (Å²) in [6, 6.07) is 5.30. The summed E-state index contributed by atoms with van der Waals surface area (Å²) in [5.74, 6) is 0.115. The second-order valence-electron chi connectivity index (χ2n) is 5.64. The van der Waals surface area contributed by atoms with E-state index in [2.05, 4.69) is 4.72 Å². The van der Waals surface area contributed by atoms with Gasteiger partial charge in [-0.25, -0.2) is 17.5 Å². The van der Waals surface area contributed by atoms with Crippen LogP contribution in [0.4, 0.5) is 4.39 Å². The normalized spacial score (nSPS) is 22.9. The standard InChI is InChI=1S/C15H22FNO4S/c1-2-15(11-9-13(18)10-11)17-22(19,20)8-7-21-14-5-3-12(16)4-6-14/h3-6,11,13,15,17-18H,2,7-10H2,1H3/t11?,13?,15-/m0/s1. The van der Waals surface area contributed by atoms with Gasteiger partial charge in [0.15, 0.2) is 0 Å². The number of sulfonamides is 1. The number of aliphatic hydroxyl groups is 1. The fourth-order valence-electron chi connectivity index (χ4n) is 2.56. The molecule has 1 atom stereocenters. The lowest BCUT2D eigenvalue weighted by Crippen LogP contribution is -2.47. The Balaban J connectivity index is 1.79. The molecule has 1 aliphatic rings. The van der Waals surface area contributed by atoms with Gasteiger partial charge in [0.05, 0.1) is 11.9 Å². The maximum absolute atomic E-state index is 12.7. The third-order valence-electron chi connectivity index (χ3n) is 3.92. The van der Waals surface area contributed by atoms with Crippen LogP contribution in [0.1, 0.15) is 26.2 Å². The van der Waals surface area contributed by atoms with Crippen molar-refractivity contribution in [3.8, 4) is 5.75 Å². The van der Waals surface area contributed by atoms with Gasteiger partial charge in [-0.15, -0.1) is 0 Å². The van der Waals surface area contributed by atoms with Crippen LogP contribution in [0.2, 0.25) is 0 Å². The zero-order chi connectivity index (χ0) is 16.2. The van der Waals surface area contributed by atoms with Crippen LogP contribution in [0.3, 0.4) is 0 Å². The molecule has 1 fully saturated rings. The summed E-state index contributed by atoms with van der Waals surface area (Å²) in [4.78, 5) is 0. The number of rotatable bonds is 8. The molecule has 1 saturated carbocycles. The van der Waals surface area contributed by atoms with Crippen molar-refractivity contribution in [2.24, 2.45) is 5.92 Å². The monoisotopic (exact) mass is 331 g/mol. The zero-order valence-electron chi connectivity index (χ0n) is 12.5. The third-order valence-corrected chi connectivity index (χ3v) is 5.29. The van der Waals surface area contributed by atoms with Crippen molar-refractivity contribution in [3.05, 3.63) is 30.1 Å². The molecule has 0 unspecified atom stereocenters. The molecule has 0 amide bonds. The number of aliphatic hydroxyl groups excluding tert-OH is 1. The number of hydrogen-bond acceptors (Lipinski definition) is 4. The van der Waals surface area contributed by atoms with Gasteiger partial charge in [-0.3, -0.25) is 0 Å². The Morgan fingerprint density at radius 3 is 2.55 bits per heavy atom. The lowest BCUT2D eigenvalue weighted by atomic mass is 9.77. The van der Waals surface area contributed by atoms with E-state index in [1.54, 1.807) is 0 Å². The van der Waals surface area contributed by atoms with Gasteiger partial charge in [-0.05, 0) is 49.4 Å². The Kier molecular flexibility index (Phi) is 5.77. The number of benzene rings is 1. The minimum Gasteiger partial charge on any atom is -0.492 e. The molecule has 1 aliphatic carbocycles. The molecule has 0 saturated heterocycles. The van der Waals surface area contributed by atoms with Gasteiger partial charge >= 0.3 is 0 Å². The summed E-state index contributed by atoms with van der Waals surface area (Å²) in [5.41, 5.74) is 0. The molecule has 2 rings (SSSR count). The van der Waals surface area contributed by atoms with E-state index in [1.165, 1.54) is 24.3 Å². The first-order chi connectivity index (χ1) is 10.4. The summed E-state index contributed by atoms with van der Waals surface area (Å²) < 4.78 is 44.8. The van der Waals surface area contributed by atoms with Gasteiger partial charge in [0.2, 0.25) is 10.0 Å². The summed E-state index contributed by atoms with van der Waals surface area (Å²) in [5, 5.41) is 9.32. The lowest BCUT2D eigenvalue weighted by molar-refractivity contribution is 0.0277. The fourth-order valence-corrected chi connectivity index (χ4v) is 3.80. The SMILES string of the molecule is CC[C@H](NS(=O)(=O)CCOc1ccc(F)cc1)C1CC(O)C1. The van der Waals surface area contributed by atoms with E-state index in [0.29, 0.717) is 25.0 Å². The molecule has 22 heavy (non-hydrogen) atoms. The summed E-state index contributed by atoms with van der Waals surface area (Å²) in [6.07, 6.45) is 1.68. The van der Waals surface area contributed by atoms with E-state index >= 15 is 0 Å². The molecule has 0 aliphatic heterocycles. The van der Waals surface area contributed by atoms with Crippen molar-refractivity contribution in [3.63, 3.8) is 0 Å². The Morgan fingerprint density at radius 1 is 1.36 bits per heavy atom. The minimum atomic E-state index is -3.44. The van der Waals surface area contributed by atoms with Crippen LogP contribution < -0.4 is 9.46 Å². The Bertz CT molecular complexity index is 570. The van der Waals surface area contributed by atoms with Gasteiger partial charge in [0.1, 0.15) is 18.2 Å². The van der Waals surface area contributed by atoms with Gasteiger partial charge in [-0.2, -0.15) is 0 Å². The molecule has 124 valence electrons. The molecule has 0 radical (unpaired) electrons. The topological polar surface area (TPSA) is 75.6 Å². The molecule has 0 spiro atoms. The predicted octanol–water partition coefficient (Wildman–Crippen LogP) is 1.67. The molecule has 0 aromatic heterocycles. The molecule has 0 bridgehead atoms. The first kappa shape index (κ1) is 17.2. The molecular formula is C15H22FNO4S. The molecule has 2 N–H and O–H groups in total. The highest BCUT2D eigenvalue weighted by molar-refractivity contribution is 7.89. The quantitative estimate of drug-likeness (QED) is 0.760. The van der Waals surface area contributed by atoms with Gasteiger partial charge in [0, 0.05) is 6.04 Å². The number of hydrogen-bond donors (Lipinski definition) is 2. The number of ether oxygens (including phenoxy) is 1. The Hall–Kier alpha value is -1.18. The predicted molar refractivity (Wildman–Crippen MR) is 81.6 cm³/mol. The van der Waals surface area contributed by atoms with Crippen molar-refractivity contribution in [2.75, 3.05) is 12.4 Å². The highest BCUT2D eigenvalue weighted by Gasteiger charge is 2.34. The number of halogens is 1. The van der Waals surface area contributed by atoms with Gasteiger partial charge in [0.25, 0.3) is 0 Å². The van der Waals surface area contributed by atoms with Crippen molar-refractivity contribution in [1.29, 1.82) is 0 Å². The molecular weight excluding hydrogens is 309 g/mol. The van der Waals surface area contributed by atoms with E-state index in [4.69, 9.17) is 4.74 Å². The summed E-state index contributed by atoms with van der Waals surface area (Å²) in [6.45, 7) is 1.93. The largest absolute Gasteiger partial charge is 0.492 e. The van der Waals surface area contributed by atoms with Gasteiger partial charge in [-0.1, -0.05) is 6.92 Å². The van der Waals surface area contributed by atoms with Crippen LogP contribution in [0, 0.1) is 11.7 Å². The van der Waals surface area contributed by atoms with Crippen LogP contribution >= 0.6 is 0 Å². The second-order valence-corrected chi connectivity index (χ2v) is 7.51. The molecule has 0 heterocycles. The molecule has 7 heteroatoms. The van der Waals surface area contributed by atoms with E-state index in [9.17, 15) is 17.9 Å². The second kappa shape index (κ2) is 7.39. The van der Waals surface area contributed by atoms with Crippen LogP contribution in [0.15, 0.2) is 24.3 Å². The van der Waals surface area contributed by atoms with Crippen LogP contribution in [-0.4, -0.2) is 38.0 Å². The van der Waals surface area contributed by atoms with Crippen LogP contribution in [-0.2, 0) is 10.0 Å². The first-order valence-corrected chi connectivity index (χ1v) is 9.11. The minimum absolute atomic E-state index is 0.00465. The lowest BCUT2D eigenvalue weighted by Gasteiger charge is -2.37. The first-order valence-electron chi connectivity index (χ1n) is 7.46. The van der Waals surface area contributed by atoms with Crippen molar-refractivity contribution in [2.45, 2.75) is 38.3 Å². The van der Waals surface area contributed by atoms with Crippen LogP contribution in [0.5, 0.6) is 5.75 Å². The maximum atomic E-state index is 12.7. The third kappa shape index (κ3) is 4.93. The molecule has 1 aromatic rings. The van der Waals surface area contributed by atoms with Crippen molar-refractivity contribution in [1.82, 2.24) is 4.72 Å². The maximum Gasteiger partial charge on any atom is 0.215 e. The average molecular weight is 331 g/mol. The van der Waals surface area contributed by atoms with E-state index in [-0.39, 0.29) is 36.2 Å². The van der Waals surface area contributed by atoms with E-state index in [0.717, 1.165) is 0 Å². The Labute approximate surface area is 130 Å². The van der Waals surface area contributed by atoms with E-state index < -0.39 is 10.0 Å². The summed E-state index contributed by atoms with van der Waals surface area (Å²) in [7, 11) is -3.44. The molecule has 1 aromatic carbocycles. The average Bonchev–Trinajstić information content (AvgIpc) is 2.44. The highest BCUT2D eigenvalue weighted by Crippen LogP contribution is 2.31. The van der Waals surface area contributed by atoms with E-state index in [1.807, 2.05) is 6.92 Å². The van der Waals surface area contributed by atoms with Crippen molar-refractivity contribution < 1.29 is 22.7 Å². The zero-order valence-corrected chi connectivity index (χ0v) is 13.4. The van der Waals surface area contributed by atoms with Crippen LogP contribution in [0.25, 0.3) is 0 Å². The van der Waals surface area contributed by atoms with Gasteiger partial charge < -0.3 is 9.84 Å². The Morgan fingerprint density at radius 2 is 2.00 bits per heavy atom. The summed E-state index contributed by atoms with van der Waals surface area (Å²) >= 11 is 0. The smallest absolute Gasteiger partial charge is 0.215 e. The fraction of sp³-hybridized carbons (Fsp3) is 0.600. The number of nitrogens with one attached hydrogen (secondary N) is 1. The van der Waals surface area contributed by atoms with Crippen molar-refractivity contribution >= 4 is 10.0 Å². The molecule has 5 nitrogen and oxygen atoms in total.